The lowest BCUT2D eigenvalue weighted by Crippen LogP contribution is -2.41. The number of morpholine rings is 1. The van der Waals surface area contributed by atoms with Crippen molar-refractivity contribution in [2.24, 2.45) is 0 Å². The second-order valence-electron chi connectivity index (χ2n) is 2.79. The molecule has 0 N–H and O–H groups in total. The van der Waals surface area contributed by atoms with Crippen LogP contribution in [0.5, 0.6) is 0 Å². The van der Waals surface area contributed by atoms with E-state index in [2.05, 4.69) is 18.7 Å². The highest BCUT2D eigenvalue weighted by Gasteiger charge is 2.16. The van der Waals surface area contributed by atoms with Crippen molar-refractivity contribution in [3.8, 4) is 0 Å². The SMILES string of the molecule is CC[C@H]1CN(CC)CCO1. The maximum Gasteiger partial charge on any atom is 0.0700 e. The number of likely N-dealkylation sites (N-methyl/N-ethyl adjacent to an activating group) is 1. The molecule has 1 fully saturated rings. The second kappa shape index (κ2) is 3.94. The number of hydrogen-bond acceptors (Lipinski definition) is 2. The molecule has 0 amide bonds. The molecule has 1 rings (SSSR count). The summed E-state index contributed by atoms with van der Waals surface area (Å²) in [4.78, 5) is 2.44. The molecule has 2 heteroatoms. The zero-order valence-corrected chi connectivity index (χ0v) is 6.97. The van der Waals surface area contributed by atoms with E-state index < -0.39 is 0 Å². The van der Waals surface area contributed by atoms with Crippen LogP contribution >= 0.6 is 0 Å². The molecule has 1 aliphatic heterocycles. The van der Waals surface area contributed by atoms with Crippen molar-refractivity contribution in [3.05, 3.63) is 0 Å². The lowest BCUT2D eigenvalue weighted by molar-refractivity contribution is -0.0278. The Morgan fingerprint density at radius 1 is 1.50 bits per heavy atom. The van der Waals surface area contributed by atoms with Crippen molar-refractivity contribution < 1.29 is 4.74 Å². The largest absolute Gasteiger partial charge is 0.376 e. The fourth-order valence-corrected chi connectivity index (χ4v) is 1.31. The van der Waals surface area contributed by atoms with Gasteiger partial charge in [-0.05, 0) is 13.0 Å². The van der Waals surface area contributed by atoms with Crippen LogP contribution in [0.2, 0.25) is 0 Å². The Morgan fingerprint density at radius 3 is 2.90 bits per heavy atom. The van der Waals surface area contributed by atoms with Crippen LogP contribution in [0.25, 0.3) is 0 Å². The van der Waals surface area contributed by atoms with Crippen molar-refractivity contribution in [2.45, 2.75) is 26.4 Å². The summed E-state index contributed by atoms with van der Waals surface area (Å²) in [6.07, 6.45) is 1.64. The molecule has 0 spiro atoms. The van der Waals surface area contributed by atoms with E-state index in [4.69, 9.17) is 4.74 Å². The number of ether oxygens (including phenoxy) is 1. The molecule has 1 aliphatic rings. The van der Waals surface area contributed by atoms with Gasteiger partial charge in [0.25, 0.3) is 0 Å². The van der Waals surface area contributed by atoms with Crippen molar-refractivity contribution in [1.29, 1.82) is 0 Å². The molecule has 0 aromatic carbocycles. The van der Waals surface area contributed by atoms with Crippen LogP contribution in [-0.4, -0.2) is 37.2 Å². The van der Waals surface area contributed by atoms with E-state index in [1.165, 1.54) is 6.54 Å². The Balaban J connectivity index is 2.25. The first-order valence-corrected chi connectivity index (χ1v) is 4.20. The molecule has 0 aromatic heterocycles. The van der Waals surface area contributed by atoms with Gasteiger partial charge < -0.3 is 4.74 Å². The zero-order chi connectivity index (χ0) is 7.40. The van der Waals surface area contributed by atoms with E-state index in [0.717, 1.165) is 26.1 Å². The third kappa shape index (κ3) is 1.96. The third-order valence-corrected chi connectivity index (χ3v) is 2.13. The van der Waals surface area contributed by atoms with Crippen molar-refractivity contribution in [1.82, 2.24) is 4.90 Å². The van der Waals surface area contributed by atoms with Crippen LogP contribution in [0.1, 0.15) is 20.3 Å². The Kier molecular flexibility index (Phi) is 3.16. The molecule has 0 aromatic rings. The molecule has 60 valence electrons. The molecule has 0 aliphatic carbocycles. The van der Waals surface area contributed by atoms with Crippen molar-refractivity contribution in [2.75, 3.05) is 26.2 Å². The minimum Gasteiger partial charge on any atom is -0.376 e. The van der Waals surface area contributed by atoms with E-state index >= 15 is 0 Å². The molecule has 0 bridgehead atoms. The smallest absolute Gasteiger partial charge is 0.0700 e. The van der Waals surface area contributed by atoms with Crippen molar-refractivity contribution in [3.63, 3.8) is 0 Å². The summed E-state index contributed by atoms with van der Waals surface area (Å²) in [5.41, 5.74) is 0. The molecule has 0 unspecified atom stereocenters. The average Bonchev–Trinajstić information content (AvgIpc) is 2.05. The summed E-state index contributed by atoms with van der Waals surface area (Å²) < 4.78 is 5.52. The first-order chi connectivity index (χ1) is 4.86. The monoisotopic (exact) mass is 143 g/mol. The van der Waals surface area contributed by atoms with Crippen molar-refractivity contribution >= 4 is 0 Å². The molecule has 10 heavy (non-hydrogen) atoms. The lowest BCUT2D eigenvalue weighted by atomic mass is 10.2. The summed E-state index contributed by atoms with van der Waals surface area (Å²) in [6, 6.07) is 0. The Bertz CT molecular complexity index is 85.3. The Morgan fingerprint density at radius 2 is 2.30 bits per heavy atom. The van der Waals surface area contributed by atoms with E-state index in [1.54, 1.807) is 0 Å². The van der Waals surface area contributed by atoms with Gasteiger partial charge in [-0.15, -0.1) is 0 Å². The zero-order valence-electron chi connectivity index (χ0n) is 6.97. The van der Waals surface area contributed by atoms with Gasteiger partial charge in [0.05, 0.1) is 12.7 Å². The molecule has 1 heterocycles. The summed E-state index contributed by atoms with van der Waals surface area (Å²) in [6.45, 7) is 8.73. The van der Waals surface area contributed by atoms with Crippen LogP contribution in [0.15, 0.2) is 0 Å². The van der Waals surface area contributed by atoms with E-state index in [-0.39, 0.29) is 0 Å². The minimum absolute atomic E-state index is 0.494. The Hall–Kier alpha value is -0.0800. The van der Waals surface area contributed by atoms with Gasteiger partial charge in [-0.3, -0.25) is 4.90 Å². The van der Waals surface area contributed by atoms with Crippen LogP contribution in [0, 0.1) is 0 Å². The van der Waals surface area contributed by atoms with Gasteiger partial charge in [0, 0.05) is 13.1 Å². The maximum atomic E-state index is 5.52. The predicted octanol–water partition coefficient (Wildman–Crippen LogP) is 1.12. The summed E-state index contributed by atoms with van der Waals surface area (Å²) in [7, 11) is 0. The fraction of sp³-hybridized carbons (Fsp3) is 1.00. The van der Waals surface area contributed by atoms with Gasteiger partial charge in [0.2, 0.25) is 0 Å². The molecular formula is C8H17NO. The van der Waals surface area contributed by atoms with Crippen LogP contribution in [0.3, 0.4) is 0 Å². The summed E-state index contributed by atoms with van der Waals surface area (Å²) in [5.74, 6) is 0. The van der Waals surface area contributed by atoms with Gasteiger partial charge in [-0.1, -0.05) is 13.8 Å². The average molecular weight is 143 g/mol. The Labute approximate surface area is 63.2 Å². The van der Waals surface area contributed by atoms with Gasteiger partial charge in [0.15, 0.2) is 0 Å². The van der Waals surface area contributed by atoms with E-state index in [0.29, 0.717) is 6.10 Å². The van der Waals surface area contributed by atoms with Gasteiger partial charge in [0.1, 0.15) is 0 Å². The van der Waals surface area contributed by atoms with Gasteiger partial charge in [-0.25, -0.2) is 0 Å². The van der Waals surface area contributed by atoms with Gasteiger partial charge >= 0.3 is 0 Å². The highest BCUT2D eigenvalue weighted by molar-refractivity contribution is 4.68. The minimum atomic E-state index is 0.494. The van der Waals surface area contributed by atoms with Gasteiger partial charge in [-0.2, -0.15) is 0 Å². The molecule has 0 radical (unpaired) electrons. The third-order valence-electron chi connectivity index (χ3n) is 2.13. The van der Waals surface area contributed by atoms with Crippen LogP contribution < -0.4 is 0 Å². The predicted molar refractivity (Wildman–Crippen MR) is 42.1 cm³/mol. The normalized spacial score (nSPS) is 28.8. The number of nitrogens with zero attached hydrogens (tertiary/aromatic N) is 1. The molecule has 1 saturated heterocycles. The summed E-state index contributed by atoms with van der Waals surface area (Å²) >= 11 is 0. The quantitative estimate of drug-likeness (QED) is 0.574. The summed E-state index contributed by atoms with van der Waals surface area (Å²) in [5, 5.41) is 0. The van der Waals surface area contributed by atoms with Crippen LogP contribution in [0.4, 0.5) is 0 Å². The second-order valence-corrected chi connectivity index (χ2v) is 2.79. The molecule has 2 nitrogen and oxygen atoms in total. The standard InChI is InChI=1S/C8H17NO/c1-3-8-7-9(4-2)5-6-10-8/h8H,3-7H2,1-2H3/t8-/m0/s1. The first-order valence-electron chi connectivity index (χ1n) is 4.20. The highest BCUT2D eigenvalue weighted by atomic mass is 16.5. The first kappa shape index (κ1) is 8.02. The molecule has 1 atom stereocenters. The lowest BCUT2D eigenvalue weighted by Gasteiger charge is -2.31. The van der Waals surface area contributed by atoms with E-state index in [9.17, 15) is 0 Å². The number of rotatable bonds is 2. The molecular weight excluding hydrogens is 126 g/mol. The van der Waals surface area contributed by atoms with E-state index in [1.807, 2.05) is 0 Å². The highest BCUT2D eigenvalue weighted by Crippen LogP contribution is 2.06. The van der Waals surface area contributed by atoms with Crippen LogP contribution in [-0.2, 0) is 4.74 Å². The number of hydrogen-bond donors (Lipinski definition) is 0. The fourth-order valence-electron chi connectivity index (χ4n) is 1.31. The maximum absolute atomic E-state index is 5.52. The molecule has 0 saturated carbocycles. The topological polar surface area (TPSA) is 12.5 Å².